The monoisotopic (exact) mass is 486 g/mol. The van der Waals surface area contributed by atoms with Crippen molar-refractivity contribution in [3.8, 4) is 22.3 Å². The molecule has 0 atom stereocenters. The van der Waals surface area contributed by atoms with Crippen molar-refractivity contribution < 1.29 is 0 Å². The topological polar surface area (TPSA) is 19.0 Å². The van der Waals surface area contributed by atoms with Gasteiger partial charge in [0.1, 0.15) is 0 Å². The van der Waals surface area contributed by atoms with Crippen LogP contribution in [-0.4, -0.2) is 4.98 Å². The number of nitrogens with one attached hydrogen (secondary N) is 1. The van der Waals surface area contributed by atoms with Gasteiger partial charge in [-0.2, -0.15) is 0 Å². The lowest BCUT2D eigenvalue weighted by atomic mass is 10.0. The Morgan fingerprint density at radius 2 is 0.895 bits per heavy atom. The van der Waals surface area contributed by atoms with Gasteiger partial charge in [-0.1, -0.05) is 97.1 Å². The largest absolute Gasteiger partial charge is 0.355 e. The summed E-state index contributed by atoms with van der Waals surface area (Å²) in [5, 5.41) is 2.51. The summed E-state index contributed by atoms with van der Waals surface area (Å²) in [6, 6.07) is 53.9. The highest BCUT2D eigenvalue weighted by atomic mass is 15.1. The molecule has 7 rings (SSSR count). The number of anilines is 3. The zero-order valence-electron chi connectivity index (χ0n) is 20.9. The third-order valence-electron chi connectivity index (χ3n) is 7.19. The van der Waals surface area contributed by atoms with Gasteiger partial charge in [-0.15, -0.1) is 0 Å². The van der Waals surface area contributed by atoms with Crippen LogP contribution in [0.3, 0.4) is 0 Å². The first-order chi connectivity index (χ1) is 18.8. The molecule has 2 nitrogen and oxygen atoms in total. The van der Waals surface area contributed by atoms with Crippen LogP contribution in [0, 0.1) is 0 Å². The number of benzene rings is 6. The Labute approximate surface area is 222 Å². The summed E-state index contributed by atoms with van der Waals surface area (Å²) in [6.07, 6.45) is 0. The van der Waals surface area contributed by atoms with E-state index in [0.29, 0.717) is 0 Å². The van der Waals surface area contributed by atoms with Crippen molar-refractivity contribution in [2.24, 2.45) is 0 Å². The minimum absolute atomic E-state index is 1.12. The lowest BCUT2D eigenvalue weighted by Crippen LogP contribution is -2.09. The first-order valence-corrected chi connectivity index (χ1v) is 13.0. The third kappa shape index (κ3) is 4.03. The Morgan fingerprint density at radius 3 is 1.71 bits per heavy atom. The van der Waals surface area contributed by atoms with Crippen LogP contribution in [0.15, 0.2) is 152 Å². The molecule has 0 unspecified atom stereocenters. The maximum atomic E-state index is 3.53. The third-order valence-corrected chi connectivity index (χ3v) is 7.19. The average molecular weight is 487 g/mol. The molecule has 7 aromatic rings. The fraction of sp³-hybridized carbons (Fsp3) is 0. The predicted octanol–water partition coefficient (Wildman–Crippen LogP) is 10.1. The minimum atomic E-state index is 1.12. The fourth-order valence-corrected chi connectivity index (χ4v) is 5.31. The molecule has 180 valence electrons. The Bertz CT molecular complexity index is 1850. The normalized spacial score (nSPS) is 11.2. The Kier molecular flexibility index (Phi) is 5.49. The number of hydrogen-bond donors (Lipinski definition) is 1. The van der Waals surface area contributed by atoms with Crippen LogP contribution in [0.1, 0.15) is 0 Å². The molecule has 2 heteroatoms. The Balaban J connectivity index is 1.29. The van der Waals surface area contributed by atoms with Gasteiger partial charge in [0.25, 0.3) is 0 Å². The number of aromatic amines is 1. The van der Waals surface area contributed by atoms with Gasteiger partial charge in [0, 0.05) is 38.9 Å². The molecule has 1 N–H and O–H groups in total. The van der Waals surface area contributed by atoms with E-state index in [2.05, 4.69) is 162 Å². The quantitative estimate of drug-likeness (QED) is 0.256. The number of fused-ring (bicyclic) bond motifs is 3. The van der Waals surface area contributed by atoms with Gasteiger partial charge in [-0.3, -0.25) is 0 Å². The predicted molar refractivity (Wildman–Crippen MR) is 161 cm³/mol. The van der Waals surface area contributed by atoms with Crippen molar-refractivity contribution in [1.82, 2.24) is 4.98 Å². The van der Waals surface area contributed by atoms with Gasteiger partial charge >= 0.3 is 0 Å². The molecule has 0 amide bonds. The first-order valence-electron chi connectivity index (χ1n) is 13.0. The second-order valence-electron chi connectivity index (χ2n) is 9.57. The van der Waals surface area contributed by atoms with E-state index in [1.165, 1.54) is 44.1 Å². The van der Waals surface area contributed by atoms with Crippen LogP contribution in [0.25, 0.3) is 44.1 Å². The van der Waals surface area contributed by atoms with Crippen molar-refractivity contribution in [3.63, 3.8) is 0 Å². The molecule has 0 saturated carbocycles. The Hall–Kier alpha value is -5.08. The fourth-order valence-electron chi connectivity index (χ4n) is 5.31. The highest BCUT2D eigenvalue weighted by molar-refractivity contribution is 6.08. The van der Waals surface area contributed by atoms with Gasteiger partial charge in [0.05, 0.1) is 0 Å². The summed E-state index contributed by atoms with van der Waals surface area (Å²) >= 11 is 0. The maximum absolute atomic E-state index is 3.53. The Morgan fingerprint density at radius 1 is 0.342 bits per heavy atom. The van der Waals surface area contributed by atoms with Gasteiger partial charge in [0.15, 0.2) is 0 Å². The molecule has 1 aromatic heterocycles. The highest BCUT2D eigenvalue weighted by Crippen LogP contribution is 2.38. The number of aromatic nitrogens is 1. The van der Waals surface area contributed by atoms with Crippen LogP contribution in [0.4, 0.5) is 17.1 Å². The van der Waals surface area contributed by atoms with Crippen LogP contribution >= 0.6 is 0 Å². The minimum Gasteiger partial charge on any atom is -0.355 e. The molecule has 38 heavy (non-hydrogen) atoms. The second-order valence-corrected chi connectivity index (χ2v) is 9.57. The van der Waals surface area contributed by atoms with Crippen molar-refractivity contribution in [2.45, 2.75) is 0 Å². The average Bonchev–Trinajstić information content (AvgIpc) is 3.37. The van der Waals surface area contributed by atoms with Gasteiger partial charge in [-0.05, 0) is 76.9 Å². The molecule has 0 fully saturated rings. The molecule has 0 spiro atoms. The molecule has 0 bridgehead atoms. The molecular weight excluding hydrogens is 460 g/mol. The summed E-state index contributed by atoms with van der Waals surface area (Å²) < 4.78 is 0. The van der Waals surface area contributed by atoms with Crippen molar-refractivity contribution >= 4 is 38.9 Å². The van der Waals surface area contributed by atoms with Crippen LogP contribution in [-0.2, 0) is 0 Å². The lowest BCUT2D eigenvalue weighted by molar-refractivity contribution is 1.28. The zero-order chi connectivity index (χ0) is 25.3. The first kappa shape index (κ1) is 22.1. The second kappa shape index (κ2) is 9.42. The van der Waals surface area contributed by atoms with E-state index in [0.717, 1.165) is 17.1 Å². The number of hydrogen-bond acceptors (Lipinski definition) is 1. The molecule has 1 heterocycles. The molecule has 6 aromatic carbocycles. The van der Waals surface area contributed by atoms with E-state index in [1.54, 1.807) is 0 Å². The molecule has 0 saturated heterocycles. The highest BCUT2D eigenvalue weighted by Gasteiger charge is 2.14. The molecular formula is C36H26N2. The van der Waals surface area contributed by atoms with E-state index in [9.17, 15) is 0 Å². The molecule has 0 aliphatic rings. The van der Waals surface area contributed by atoms with Crippen molar-refractivity contribution in [1.29, 1.82) is 0 Å². The van der Waals surface area contributed by atoms with Crippen molar-refractivity contribution in [3.05, 3.63) is 152 Å². The van der Waals surface area contributed by atoms with Crippen molar-refractivity contribution in [2.75, 3.05) is 4.90 Å². The van der Waals surface area contributed by atoms with E-state index in [1.807, 2.05) is 0 Å². The summed E-state index contributed by atoms with van der Waals surface area (Å²) in [5.74, 6) is 0. The summed E-state index contributed by atoms with van der Waals surface area (Å²) in [7, 11) is 0. The van der Waals surface area contributed by atoms with Gasteiger partial charge in [0.2, 0.25) is 0 Å². The summed E-state index contributed by atoms with van der Waals surface area (Å²) in [5.41, 5.74) is 10.6. The summed E-state index contributed by atoms with van der Waals surface area (Å²) in [6.45, 7) is 0. The standard InChI is InChI=1S/C36H26N2/c1-3-10-26(11-4-1)28-12-9-15-32(24-28)38(30-13-5-2-6-14-30)31-21-18-27(19-22-31)29-20-23-36-34(25-29)33-16-7-8-17-35(33)37-36/h1-25,37H. The van der Waals surface area contributed by atoms with E-state index >= 15 is 0 Å². The van der Waals surface area contributed by atoms with E-state index < -0.39 is 0 Å². The van der Waals surface area contributed by atoms with Gasteiger partial charge < -0.3 is 9.88 Å². The zero-order valence-corrected chi connectivity index (χ0v) is 20.9. The van der Waals surface area contributed by atoms with Gasteiger partial charge in [-0.25, -0.2) is 0 Å². The summed E-state index contributed by atoms with van der Waals surface area (Å²) in [4.78, 5) is 5.85. The van der Waals surface area contributed by atoms with Crippen LogP contribution < -0.4 is 4.90 Å². The number of nitrogens with zero attached hydrogens (tertiary/aromatic N) is 1. The maximum Gasteiger partial charge on any atom is 0.0467 e. The number of H-pyrrole nitrogens is 1. The number of para-hydroxylation sites is 2. The van der Waals surface area contributed by atoms with Crippen LogP contribution in [0.5, 0.6) is 0 Å². The lowest BCUT2D eigenvalue weighted by Gasteiger charge is -2.26. The molecule has 0 aliphatic carbocycles. The smallest absolute Gasteiger partial charge is 0.0467 e. The van der Waals surface area contributed by atoms with Crippen LogP contribution in [0.2, 0.25) is 0 Å². The van der Waals surface area contributed by atoms with E-state index in [4.69, 9.17) is 0 Å². The molecule has 0 radical (unpaired) electrons. The van der Waals surface area contributed by atoms with E-state index in [-0.39, 0.29) is 0 Å². The number of rotatable bonds is 5. The SMILES string of the molecule is c1ccc(-c2cccc(N(c3ccccc3)c3ccc(-c4ccc5[nH]c6ccccc6c5c4)cc3)c2)cc1. The molecule has 0 aliphatic heterocycles.